The summed E-state index contributed by atoms with van der Waals surface area (Å²) in [6, 6.07) is 7.31. The van der Waals surface area contributed by atoms with E-state index in [9.17, 15) is 9.90 Å². The maximum atomic E-state index is 11.6. The number of nitrogens with one attached hydrogen (secondary N) is 1. The molecule has 1 amide bonds. The second-order valence-electron chi connectivity index (χ2n) is 3.93. The second kappa shape index (κ2) is 6.37. The number of aliphatic hydroxyl groups excluding tert-OH is 1. The Labute approximate surface area is 109 Å². The van der Waals surface area contributed by atoms with Crippen LogP contribution in [0.1, 0.15) is 23.2 Å². The number of rotatable bonds is 6. The molecular weight excluding hydrogens is 250 g/mol. The zero-order valence-corrected chi connectivity index (χ0v) is 10.7. The lowest BCUT2D eigenvalue weighted by molar-refractivity contribution is -0.120. The van der Waals surface area contributed by atoms with Gasteiger partial charge in [0.2, 0.25) is 5.91 Å². The first-order chi connectivity index (χ1) is 8.75. The summed E-state index contributed by atoms with van der Waals surface area (Å²) in [4.78, 5) is 12.6. The Kier molecular flexibility index (Phi) is 4.55. The lowest BCUT2D eigenvalue weighted by atomic mass is 10.2. The van der Waals surface area contributed by atoms with Crippen molar-refractivity contribution in [3.05, 3.63) is 46.5 Å². The molecule has 4 nitrogen and oxygen atoms in total. The zero-order valence-electron chi connectivity index (χ0n) is 9.83. The van der Waals surface area contributed by atoms with Crippen LogP contribution in [-0.2, 0) is 11.2 Å². The minimum Gasteiger partial charge on any atom is -0.467 e. The molecule has 5 heteroatoms. The number of furan rings is 1. The zero-order chi connectivity index (χ0) is 12.8. The van der Waals surface area contributed by atoms with Gasteiger partial charge in [0.15, 0.2) is 0 Å². The molecule has 2 aromatic rings. The predicted molar refractivity (Wildman–Crippen MR) is 69.3 cm³/mol. The molecule has 1 unspecified atom stereocenters. The van der Waals surface area contributed by atoms with Crippen molar-refractivity contribution in [1.29, 1.82) is 0 Å². The number of hydrogen-bond donors (Lipinski definition) is 2. The molecule has 0 fully saturated rings. The van der Waals surface area contributed by atoms with Gasteiger partial charge in [0.25, 0.3) is 0 Å². The van der Waals surface area contributed by atoms with Crippen molar-refractivity contribution in [3.8, 4) is 0 Å². The molecule has 18 heavy (non-hydrogen) atoms. The van der Waals surface area contributed by atoms with Crippen molar-refractivity contribution >= 4 is 17.2 Å². The number of amides is 1. The van der Waals surface area contributed by atoms with Crippen LogP contribution < -0.4 is 5.32 Å². The van der Waals surface area contributed by atoms with E-state index in [1.807, 2.05) is 17.5 Å². The van der Waals surface area contributed by atoms with Crippen LogP contribution in [-0.4, -0.2) is 17.6 Å². The number of thiophene rings is 1. The third kappa shape index (κ3) is 3.72. The predicted octanol–water partition coefficient (Wildman–Crippen LogP) is 2.12. The Morgan fingerprint density at radius 2 is 2.33 bits per heavy atom. The van der Waals surface area contributed by atoms with E-state index in [0.29, 0.717) is 25.1 Å². The molecule has 0 aliphatic carbocycles. The van der Waals surface area contributed by atoms with E-state index in [2.05, 4.69) is 5.32 Å². The molecule has 0 spiro atoms. The maximum Gasteiger partial charge on any atom is 0.225 e. The van der Waals surface area contributed by atoms with Crippen LogP contribution in [0.2, 0.25) is 0 Å². The molecule has 0 aliphatic heterocycles. The summed E-state index contributed by atoms with van der Waals surface area (Å²) in [6.07, 6.45) is 1.70. The van der Waals surface area contributed by atoms with E-state index in [0.717, 1.165) is 4.88 Å². The molecule has 0 radical (unpaired) electrons. The molecule has 2 rings (SSSR count). The first-order valence-electron chi connectivity index (χ1n) is 5.76. The van der Waals surface area contributed by atoms with Crippen LogP contribution in [0.25, 0.3) is 0 Å². The normalized spacial score (nSPS) is 12.3. The van der Waals surface area contributed by atoms with Crippen molar-refractivity contribution in [2.45, 2.75) is 18.9 Å². The van der Waals surface area contributed by atoms with Gasteiger partial charge < -0.3 is 14.8 Å². The Morgan fingerprint density at radius 1 is 1.44 bits per heavy atom. The quantitative estimate of drug-likeness (QED) is 0.841. The van der Waals surface area contributed by atoms with Crippen LogP contribution >= 0.6 is 11.3 Å². The Balaban J connectivity index is 1.67. The largest absolute Gasteiger partial charge is 0.467 e. The lowest BCUT2D eigenvalue weighted by Crippen LogP contribution is -2.26. The van der Waals surface area contributed by atoms with Crippen LogP contribution in [0.3, 0.4) is 0 Å². The number of hydrogen-bond acceptors (Lipinski definition) is 4. The highest BCUT2D eigenvalue weighted by atomic mass is 32.1. The molecule has 1 atom stereocenters. The first-order valence-corrected chi connectivity index (χ1v) is 6.64. The van der Waals surface area contributed by atoms with Gasteiger partial charge in [-0.2, -0.15) is 0 Å². The van der Waals surface area contributed by atoms with Crippen molar-refractivity contribution in [1.82, 2.24) is 5.32 Å². The van der Waals surface area contributed by atoms with Gasteiger partial charge in [-0.05, 0) is 30.0 Å². The minimum absolute atomic E-state index is 0.0240. The van der Waals surface area contributed by atoms with Crippen molar-refractivity contribution in [3.63, 3.8) is 0 Å². The van der Waals surface area contributed by atoms with Crippen LogP contribution in [0.15, 0.2) is 40.3 Å². The molecule has 2 heterocycles. The fourth-order valence-electron chi connectivity index (χ4n) is 1.61. The Bertz CT molecular complexity index is 464. The third-order valence-corrected chi connectivity index (χ3v) is 3.40. The molecule has 0 saturated heterocycles. The molecule has 2 aromatic heterocycles. The fraction of sp³-hybridized carbons (Fsp3) is 0.308. The van der Waals surface area contributed by atoms with E-state index in [-0.39, 0.29) is 5.91 Å². The average molecular weight is 265 g/mol. The lowest BCUT2D eigenvalue weighted by Gasteiger charge is -2.08. The highest BCUT2D eigenvalue weighted by Gasteiger charge is 2.10. The summed E-state index contributed by atoms with van der Waals surface area (Å²) in [5, 5.41) is 14.5. The summed E-state index contributed by atoms with van der Waals surface area (Å²) in [7, 11) is 0. The number of carbonyl (C=O) groups excluding carboxylic acids is 1. The van der Waals surface area contributed by atoms with Gasteiger partial charge in [0.1, 0.15) is 11.9 Å². The summed E-state index contributed by atoms with van der Waals surface area (Å²) in [6.45, 7) is 0.437. The second-order valence-corrected chi connectivity index (χ2v) is 4.96. The molecule has 0 aromatic carbocycles. The van der Waals surface area contributed by atoms with E-state index in [1.165, 1.54) is 6.26 Å². The van der Waals surface area contributed by atoms with Gasteiger partial charge in [-0.3, -0.25) is 4.79 Å². The van der Waals surface area contributed by atoms with E-state index in [1.54, 1.807) is 23.5 Å². The molecule has 0 aliphatic rings. The summed E-state index contributed by atoms with van der Waals surface area (Å²) < 4.78 is 5.08. The highest BCUT2D eigenvalue weighted by molar-refractivity contribution is 7.10. The Hall–Kier alpha value is -1.59. The molecule has 96 valence electrons. The standard InChI is InChI=1S/C13H15NO3S/c15-11(12-4-1-7-17-12)5-6-14-13(16)9-10-3-2-8-18-10/h1-4,7-8,11,15H,5-6,9H2,(H,14,16). The highest BCUT2D eigenvalue weighted by Crippen LogP contribution is 2.15. The Morgan fingerprint density at radius 3 is 3.00 bits per heavy atom. The van der Waals surface area contributed by atoms with Crippen molar-refractivity contribution < 1.29 is 14.3 Å². The third-order valence-electron chi connectivity index (χ3n) is 2.53. The molecular formula is C13H15NO3S. The fourth-order valence-corrected chi connectivity index (χ4v) is 2.31. The molecule has 0 saturated carbocycles. The minimum atomic E-state index is -0.665. The van der Waals surface area contributed by atoms with Gasteiger partial charge in [0, 0.05) is 11.4 Å². The first kappa shape index (κ1) is 12.9. The monoisotopic (exact) mass is 265 g/mol. The van der Waals surface area contributed by atoms with Crippen LogP contribution in [0.5, 0.6) is 0 Å². The van der Waals surface area contributed by atoms with Gasteiger partial charge in [0.05, 0.1) is 12.7 Å². The van der Waals surface area contributed by atoms with Crippen molar-refractivity contribution in [2.75, 3.05) is 6.54 Å². The molecule has 2 N–H and O–H groups in total. The summed E-state index contributed by atoms with van der Waals surface area (Å²) in [5.74, 6) is 0.506. The van der Waals surface area contributed by atoms with Crippen LogP contribution in [0.4, 0.5) is 0 Å². The van der Waals surface area contributed by atoms with E-state index >= 15 is 0 Å². The van der Waals surface area contributed by atoms with E-state index in [4.69, 9.17) is 4.42 Å². The van der Waals surface area contributed by atoms with Gasteiger partial charge in [-0.25, -0.2) is 0 Å². The summed E-state index contributed by atoms with van der Waals surface area (Å²) in [5.41, 5.74) is 0. The molecule has 0 bridgehead atoms. The van der Waals surface area contributed by atoms with Crippen molar-refractivity contribution in [2.24, 2.45) is 0 Å². The van der Waals surface area contributed by atoms with Gasteiger partial charge in [-0.1, -0.05) is 6.07 Å². The smallest absolute Gasteiger partial charge is 0.225 e. The number of carbonyl (C=O) groups is 1. The van der Waals surface area contributed by atoms with Gasteiger partial charge >= 0.3 is 0 Å². The summed E-state index contributed by atoms with van der Waals surface area (Å²) >= 11 is 1.56. The van der Waals surface area contributed by atoms with Crippen LogP contribution in [0, 0.1) is 0 Å². The van der Waals surface area contributed by atoms with E-state index < -0.39 is 6.10 Å². The maximum absolute atomic E-state index is 11.6. The van der Waals surface area contributed by atoms with Gasteiger partial charge in [-0.15, -0.1) is 11.3 Å². The SMILES string of the molecule is O=C(Cc1cccs1)NCCC(O)c1ccco1. The topological polar surface area (TPSA) is 62.5 Å². The number of aliphatic hydroxyl groups is 1. The average Bonchev–Trinajstić information content (AvgIpc) is 3.00.